The number of nitrogens with zero attached hydrogens (tertiary/aromatic N) is 2. The van der Waals surface area contributed by atoms with Crippen LogP contribution in [0.3, 0.4) is 0 Å². The third kappa shape index (κ3) is 2.29. The topological polar surface area (TPSA) is 63.5 Å². The molecule has 18 heavy (non-hydrogen) atoms. The van der Waals surface area contributed by atoms with Crippen molar-refractivity contribution in [3.8, 4) is 0 Å². The summed E-state index contributed by atoms with van der Waals surface area (Å²) in [5.41, 5.74) is 0.199. The van der Waals surface area contributed by atoms with E-state index in [1.54, 1.807) is 30.5 Å². The molecule has 0 atom stereocenters. The van der Waals surface area contributed by atoms with Gasteiger partial charge in [-0.1, -0.05) is 12.1 Å². The molecule has 1 N–H and O–H groups in total. The van der Waals surface area contributed by atoms with Gasteiger partial charge in [0.1, 0.15) is 11.2 Å². The Hall–Kier alpha value is -2.43. The number of amides is 1. The van der Waals surface area contributed by atoms with Crippen LogP contribution in [0.25, 0.3) is 5.65 Å². The Bertz CT molecular complexity index is 646. The molecule has 5 heteroatoms. The normalized spacial score (nSPS) is 10.2. The van der Waals surface area contributed by atoms with Gasteiger partial charge in [0.25, 0.3) is 11.5 Å². The molecule has 2 aromatic heterocycles. The molecule has 0 aliphatic carbocycles. The Morgan fingerprint density at radius 3 is 3.11 bits per heavy atom. The molecule has 0 bridgehead atoms. The van der Waals surface area contributed by atoms with Crippen molar-refractivity contribution < 1.29 is 4.79 Å². The molecule has 5 nitrogen and oxygen atoms in total. The Kier molecular flexibility index (Phi) is 3.52. The summed E-state index contributed by atoms with van der Waals surface area (Å²) in [4.78, 5) is 27.9. The van der Waals surface area contributed by atoms with Crippen LogP contribution in [0.5, 0.6) is 0 Å². The zero-order valence-electron chi connectivity index (χ0n) is 9.80. The van der Waals surface area contributed by atoms with Crippen molar-refractivity contribution in [2.75, 3.05) is 6.54 Å². The number of hydrogen-bond acceptors (Lipinski definition) is 3. The number of carbonyl (C=O) groups excluding carboxylic acids is 1. The summed E-state index contributed by atoms with van der Waals surface area (Å²) in [5.74, 6) is -0.410. The third-order valence-corrected chi connectivity index (χ3v) is 2.49. The van der Waals surface area contributed by atoms with Crippen LogP contribution in [0.15, 0.2) is 48.0 Å². The zero-order valence-corrected chi connectivity index (χ0v) is 9.80. The fourth-order valence-electron chi connectivity index (χ4n) is 1.57. The molecule has 0 unspecified atom stereocenters. The van der Waals surface area contributed by atoms with Crippen LogP contribution in [-0.4, -0.2) is 21.8 Å². The lowest BCUT2D eigenvalue weighted by atomic mass is 10.3. The van der Waals surface area contributed by atoms with E-state index in [1.165, 1.54) is 10.6 Å². The predicted molar refractivity (Wildman–Crippen MR) is 68.6 cm³/mol. The van der Waals surface area contributed by atoms with E-state index in [2.05, 4.69) is 16.9 Å². The molecule has 0 aliphatic heterocycles. The minimum atomic E-state index is -0.410. The Labute approximate surface area is 104 Å². The maximum atomic E-state index is 12.0. The van der Waals surface area contributed by atoms with Crippen molar-refractivity contribution in [1.82, 2.24) is 14.7 Å². The van der Waals surface area contributed by atoms with Crippen LogP contribution in [0, 0.1) is 0 Å². The van der Waals surface area contributed by atoms with Crippen molar-refractivity contribution in [3.05, 3.63) is 59.2 Å². The van der Waals surface area contributed by atoms with Crippen LogP contribution in [-0.2, 0) is 0 Å². The summed E-state index contributed by atoms with van der Waals surface area (Å²) in [6.45, 7) is 4.02. The lowest BCUT2D eigenvalue weighted by Gasteiger charge is -2.04. The van der Waals surface area contributed by atoms with Gasteiger partial charge >= 0.3 is 0 Å². The number of fused-ring (bicyclic) bond motifs is 1. The van der Waals surface area contributed by atoms with Gasteiger partial charge in [-0.15, -0.1) is 6.58 Å². The number of nitrogens with one attached hydrogen (secondary N) is 1. The van der Waals surface area contributed by atoms with Gasteiger partial charge in [-0.2, -0.15) is 0 Å². The monoisotopic (exact) mass is 243 g/mol. The van der Waals surface area contributed by atoms with Gasteiger partial charge < -0.3 is 5.32 Å². The summed E-state index contributed by atoms with van der Waals surface area (Å²) in [6, 6.07) is 5.21. The quantitative estimate of drug-likeness (QED) is 0.643. The first-order valence-electron chi connectivity index (χ1n) is 5.59. The molecular formula is C13H13N3O2. The molecule has 0 saturated heterocycles. The lowest BCUT2D eigenvalue weighted by Crippen LogP contribution is -2.32. The number of rotatable bonds is 4. The van der Waals surface area contributed by atoms with Gasteiger partial charge in [-0.25, -0.2) is 4.98 Å². The van der Waals surface area contributed by atoms with Crippen LogP contribution >= 0.6 is 0 Å². The Morgan fingerprint density at radius 1 is 1.50 bits per heavy atom. The minimum absolute atomic E-state index is 0.0442. The SMILES string of the molecule is C=CCCNC(=O)c1cnc2ccccn2c1=O. The van der Waals surface area contributed by atoms with E-state index < -0.39 is 5.91 Å². The average molecular weight is 243 g/mol. The van der Waals surface area contributed by atoms with E-state index >= 15 is 0 Å². The summed E-state index contributed by atoms with van der Waals surface area (Å²) in [6.07, 6.45) is 5.26. The second kappa shape index (κ2) is 5.27. The molecule has 0 saturated carbocycles. The third-order valence-electron chi connectivity index (χ3n) is 2.49. The highest BCUT2D eigenvalue weighted by Crippen LogP contribution is 1.97. The van der Waals surface area contributed by atoms with E-state index in [1.807, 2.05) is 0 Å². The van der Waals surface area contributed by atoms with Crippen molar-refractivity contribution in [3.63, 3.8) is 0 Å². The lowest BCUT2D eigenvalue weighted by molar-refractivity contribution is 0.0952. The van der Waals surface area contributed by atoms with Crippen molar-refractivity contribution in [1.29, 1.82) is 0 Å². The molecule has 2 rings (SSSR count). The van der Waals surface area contributed by atoms with Crippen LogP contribution in [0.4, 0.5) is 0 Å². The molecule has 0 aliphatic rings. The van der Waals surface area contributed by atoms with Crippen LogP contribution < -0.4 is 10.9 Å². The van der Waals surface area contributed by atoms with Crippen LogP contribution in [0.1, 0.15) is 16.8 Å². The van der Waals surface area contributed by atoms with E-state index in [0.29, 0.717) is 18.6 Å². The molecule has 92 valence electrons. The van der Waals surface area contributed by atoms with Gasteiger partial charge in [0.15, 0.2) is 0 Å². The number of pyridine rings is 1. The highest BCUT2D eigenvalue weighted by atomic mass is 16.2. The highest BCUT2D eigenvalue weighted by Gasteiger charge is 2.11. The van der Waals surface area contributed by atoms with Gasteiger partial charge in [-0.05, 0) is 18.6 Å². The summed E-state index contributed by atoms with van der Waals surface area (Å²) in [5, 5.41) is 2.64. The summed E-state index contributed by atoms with van der Waals surface area (Å²) < 4.78 is 1.35. The first-order chi connectivity index (χ1) is 8.74. The van der Waals surface area contributed by atoms with Crippen LogP contribution in [0.2, 0.25) is 0 Å². The second-order valence-electron chi connectivity index (χ2n) is 3.74. The van der Waals surface area contributed by atoms with Gasteiger partial charge in [0, 0.05) is 18.9 Å². The second-order valence-corrected chi connectivity index (χ2v) is 3.74. The first-order valence-corrected chi connectivity index (χ1v) is 5.59. The van der Waals surface area contributed by atoms with E-state index in [9.17, 15) is 9.59 Å². The highest BCUT2D eigenvalue weighted by molar-refractivity contribution is 5.93. The molecule has 2 aromatic rings. The number of carbonyl (C=O) groups is 1. The van der Waals surface area contributed by atoms with Crippen molar-refractivity contribution in [2.45, 2.75) is 6.42 Å². The Balaban J connectivity index is 2.34. The molecule has 2 heterocycles. The van der Waals surface area contributed by atoms with E-state index in [0.717, 1.165) is 0 Å². The summed E-state index contributed by atoms with van der Waals surface area (Å²) >= 11 is 0. The maximum Gasteiger partial charge on any atom is 0.270 e. The van der Waals surface area contributed by atoms with Gasteiger partial charge in [0.05, 0.1) is 0 Å². The minimum Gasteiger partial charge on any atom is -0.352 e. The molecule has 0 radical (unpaired) electrons. The van der Waals surface area contributed by atoms with Gasteiger partial charge in [0.2, 0.25) is 0 Å². The van der Waals surface area contributed by atoms with E-state index in [4.69, 9.17) is 0 Å². The standard InChI is InChI=1S/C13H13N3O2/c1-2-3-7-14-12(17)10-9-15-11-6-4-5-8-16(11)13(10)18/h2,4-6,8-9H,1,3,7H2,(H,14,17). The fraction of sp³-hybridized carbons (Fsp3) is 0.154. The number of hydrogen-bond donors (Lipinski definition) is 1. The first kappa shape index (κ1) is 12.0. The molecular weight excluding hydrogens is 230 g/mol. The fourth-order valence-corrected chi connectivity index (χ4v) is 1.57. The zero-order chi connectivity index (χ0) is 13.0. The smallest absolute Gasteiger partial charge is 0.270 e. The molecule has 0 spiro atoms. The maximum absolute atomic E-state index is 12.0. The summed E-state index contributed by atoms with van der Waals surface area (Å²) in [7, 11) is 0. The molecule has 0 fully saturated rings. The molecule has 1 amide bonds. The van der Waals surface area contributed by atoms with Crippen molar-refractivity contribution >= 4 is 11.6 Å². The van der Waals surface area contributed by atoms with Crippen molar-refractivity contribution in [2.24, 2.45) is 0 Å². The largest absolute Gasteiger partial charge is 0.352 e. The Morgan fingerprint density at radius 2 is 2.33 bits per heavy atom. The molecule has 0 aromatic carbocycles. The predicted octanol–water partition coefficient (Wildman–Crippen LogP) is 1.00. The number of aromatic nitrogens is 2. The average Bonchev–Trinajstić information content (AvgIpc) is 2.39. The van der Waals surface area contributed by atoms with Gasteiger partial charge in [-0.3, -0.25) is 14.0 Å². The van der Waals surface area contributed by atoms with E-state index in [-0.39, 0.29) is 11.1 Å².